The number of nitrogens with one attached hydrogen (secondary N) is 3. The monoisotopic (exact) mass is 760 g/mol. The number of hydrogen-bond acceptors (Lipinski definition) is 13. The van der Waals surface area contributed by atoms with E-state index in [0.717, 1.165) is 27.4 Å². The molecule has 18 heteroatoms. The Morgan fingerprint density at radius 2 is 1.79 bits per heavy atom. The van der Waals surface area contributed by atoms with Crippen molar-refractivity contribution in [1.29, 1.82) is 0 Å². The molecule has 1 saturated heterocycles. The quantitative estimate of drug-likeness (QED) is 0.0850. The number of aromatic hydroxyl groups is 1. The van der Waals surface area contributed by atoms with Crippen molar-refractivity contribution in [1.82, 2.24) is 36.0 Å². The summed E-state index contributed by atoms with van der Waals surface area (Å²) >= 11 is 3.53. The van der Waals surface area contributed by atoms with E-state index in [4.69, 9.17) is 5.73 Å². The van der Waals surface area contributed by atoms with E-state index in [0.29, 0.717) is 21.2 Å². The highest BCUT2D eigenvalue weighted by Crippen LogP contribution is 2.42. The Hall–Kier alpha value is -5.30. The van der Waals surface area contributed by atoms with Crippen molar-refractivity contribution in [3.63, 3.8) is 0 Å². The average Bonchev–Trinajstić information content (AvgIpc) is 3.63. The largest absolute Gasteiger partial charge is 0.493 e. The lowest BCUT2D eigenvalue weighted by molar-refractivity contribution is -0.151. The first-order chi connectivity index (χ1) is 25.0. The summed E-state index contributed by atoms with van der Waals surface area (Å²) in [5.41, 5.74) is 8.23. The summed E-state index contributed by atoms with van der Waals surface area (Å²) in [7, 11) is 0. The number of carboxylic acids is 1. The SMILES string of the molecule is Cc1ccc(-c2ccc(C(=O)NC(C(=O)NC3C(=O)N4C(C(=O)O)=C(CSc5nnc(C(=O)NCCN)s5)CS[C@@H]34)c3ccccc3)c(O)n2)cc1. The molecule has 0 bridgehead atoms. The molecule has 52 heavy (non-hydrogen) atoms. The van der Waals surface area contributed by atoms with Crippen LogP contribution < -0.4 is 21.7 Å². The van der Waals surface area contributed by atoms with Crippen LogP contribution in [-0.4, -0.2) is 95.9 Å². The van der Waals surface area contributed by atoms with Gasteiger partial charge in [-0.25, -0.2) is 9.78 Å². The summed E-state index contributed by atoms with van der Waals surface area (Å²) in [5, 5.41) is 36.1. The molecule has 0 saturated carbocycles. The number of nitrogens with zero attached hydrogens (tertiary/aromatic N) is 4. The first-order valence-corrected chi connectivity index (χ1v) is 18.7. The third-order valence-electron chi connectivity index (χ3n) is 8.09. The molecule has 4 heterocycles. The lowest BCUT2D eigenvalue weighted by atomic mass is 10.0. The van der Waals surface area contributed by atoms with Crippen LogP contribution in [0.1, 0.15) is 37.3 Å². The standard InChI is InChI=1S/C34H32N8O7S3/c1-17-7-9-18(10-8-17)22-12-11-21(26(43)37-22)27(44)38-23(19-5-3-2-4-6-19)28(45)39-24-31(47)42-25(33(48)49)20(15-50-32(24)42)16-51-34-41-40-30(52-34)29(46)36-14-13-35/h2-12,23-24,32H,13-16,35H2,1H3,(H,36,46)(H,37,43)(H,38,44)(H,39,45)(H,48,49)/t23?,24?,32-/m0/s1. The molecule has 4 aromatic rings. The third kappa shape index (κ3) is 7.79. The van der Waals surface area contributed by atoms with E-state index < -0.39 is 52.9 Å². The van der Waals surface area contributed by atoms with Gasteiger partial charge in [0.1, 0.15) is 28.7 Å². The van der Waals surface area contributed by atoms with Crippen LogP contribution in [0.5, 0.6) is 5.88 Å². The van der Waals surface area contributed by atoms with Gasteiger partial charge in [-0.1, -0.05) is 83.3 Å². The molecule has 3 atom stereocenters. The van der Waals surface area contributed by atoms with Crippen molar-refractivity contribution in [3.05, 3.63) is 99.7 Å². The Morgan fingerprint density at radius 1 is 1.04 bits per heavy atom. The molecular weight excluding hydrogens is 729 g/mol. The number of hydrogen-bond donors (Lipinski definition) is 6. The number of thioether (sulfide) groups is 2. The van der Waals surface area contributed by atoms with Crippen LogP contribution in [0, 0.1) is 6.92 Å². The second kappa shape index (κ2) is 15.9. The molecule has 2 aromatic carbocycles. The first kappa shape index (κ1) is 36.5. The molecule has 1 fully saturated rings. The van der Waals surface area contributed by atoms with E-state index in [-0.39, 0.29) is 40.9 Å². The van der Waals surface area contributed by atoms with E-state index in [9.17, 15) is 34.2 Å². The predicted molar refractivity (Wildman–Crippen MR) is 194 cm³/mol. The molecule has 2 aromatic heterocycles. The number of carbonyl (C=O) groups excluding carboxylic acids is 4. The fourth-order valence-electron chi connectivity index (χ4n) is 5.47. The Labute approximate surface area is 309 Å². The Kier molecular flexibility index (Phi) is 11.2. The van der Waals surface area contributed by atoms with Gasteiger partial charge in [0.05, 0.1) is 5.69 Å². The van der Waals surface area contributed by atoms with E-state index in [1.165, 1.54) is 29.6 Å². The lowest BCUT2D eigenvalue weighted by Crippen LogP contribution is -2.71. The highest BCUT2D eigenvalue weighted by Gasteiger charge is 2.54. The number of rotatable bonds is 13. The van der Waals surface area contributed by atoms with Crippen LogP contribution >= 0.6 is 34.9 Å². The second-order valence-corrected chi connectivity index (χ2v) is 14.9. The van der Waals surface area contributed by atoms with E-state index >= 15 is 0 Å². The Bertz CT molecular complexity index is 2060. The highest BCUT2D eigenvalue weighted by atomic mass is 32.2. The summed E-state index contributed by atoms with van der Waals surface area (Å²) < 4.78 is 0.447. The minimum Gasteiger partial charge on any atom is -0.493 e. The third-order valence-corrected chi connectivity index (χ3v) is 11.6. The van der Waals surface area contributed by atoms with E-state index in [2.05, 4.69) is 31.1 Å². The normalized spacial score (nSPS) is 17.1. The highest BCUT2D eigenvalue weighted by molar-refractivity contribution is 8.01. The van der Waals surface area contributed by atoms with Gasteiger partial charge < -0.3 is 31.9 Å². The summed E-state index contributed by atoms with van der Waals surface area (Å²) in [5.74, 6) is -3.89. The number of carbonyl (C=O) groups is 5. The number of β-lactam (4-membered cyclic amide) rings is 1. The van der Waals surface area contributed by atoms with Crippen molar-refractivity contribution in [2.45, 2.75) is 28.7 Å². The summed E-state index contributed by atoms with van der Waals surface area (Å²) in [6.45, 7) is 2.50. The fourth-order valence-corrected chi connectivity index (χ4v) is 8.72. The molecule has 0 aliphatic carbocycles. The van der Waals surface area contributed by atoms with Crippen LogP contribution in [0.25, 0.3) is 11.3 Å². The molecule has 2 unspecified atom stereocenters. The number of aliphatic carboxylic acids is 1. The molecule has 7 N–H and O–H groups in total. The van der Waals surface area contributed by atoms with Crippen molar-refractivity contribution in [2.24, 2.45) is 5.73 Å². The van der Waals surface area contributed by atoms with Crippen molar-refractivity contribution in [3.8, 4) is 17.1 Å². The maximum atomic E-state index is 13.8. The topological polar surface area (TPSA) is 230 Å². The van der Waals surface area contributed by atoms with Gasteiger partial charge in [-0.3, -0.25) is 24.1 Å². The van der Waals surface area contributed by atoms with E-state index in [1.807, 2.05) is 31.2 Å². The number of aromatic nitrogens is 3. The molecular formula is C34H32N8O7S3. The van der Waals surface area contributed by atoms with E-state index in [1.54, 1.807) is 36.4 Å². The Morgan fingerprint density at radius 3 is 2.48 bits per heavy atom. The zero-order valence-electron chi connectivity index (χ0n) is 27.4. The minimum atomic E-state index is -1.30. The molecule has 268 valence electrons. The molecule has 2 aliphatic rings. The first-order valence-electron chi connectivity index (χ1n) is 15.8. The molecule has 0 radical (unpaired) electrons. The fraction of sp³-hybridized carbons (Fsp3) is 0.235. The number of nitrogens with two attached hydrogens (primary N) is 1. The predicted octanol–water partition coefficient (Wildman–Crippen LogP) is 2.30. The Balaban J connectivity index is 1.14. The molecule has 15 nitrogen and oxygen atoms in total. The second-order valence-electron chi connectivity index (χ2n) is 11.6. The minimum absolute atomic E-state index is 0.146. The zero-order valence-corrected chi connectivity index (χ0v) is 29.9. The molecule has 2 aliphatic heterocycles. The van der Waals surface area contributed by atoms with Crippen molar-refractivity contribution in [2.75, 3.05) is 24.6 Å². The maximum absolute atomic E-state index is 13.8. The number of benzene rings is 2. The van der Waals surface area contributed by atoms with Gasteiger partial charge in [-0.05, 0) is 30.2 Å². The van der Waals surface area contributed by atoms with Gasteiger partial charge in [0.15, 0.2) is 4.34 Å². The molecule has 0 spiro atoms. The smallest absolute Gasteiger partial charge is 0.352 e. The number of fused-ring (bicyclic) bond motifs is 1. The summed E-state index contributed by atoms with van der Waals surface area (Å²) in [4.78, 5) is 70.5. The van der Waals surface area contributed by atoms with Gasteiger partial charge >= 0.3 is 5.97 Å². The van der Waals surface area contributed by atoms with Crippen LogP contribution in [0.15, 0.2) is 82.3 Å². The van der Waals surface area contributed by atoms with Crippen LogP contribution in [-0.2, 0) is 14.4 Å². The van der Waals surface area contributed by atoms with Crippen LogP contribution in [0.3, 0.4) is 0 Å². The summed E-state index contributed by atoms with van der Waals surface area (Å²) in [6.07, 6.45) is 0. The number of aryl methyl sites for hydroxylation is 1. The van der Waals surface area contributed by atoms with Gasteiger partial charge in [0, 0.05) is 30.2 Å². The average molecular weight is 761 g/mol. The van der Waals surface area contributed by atoms with Crippen LogP contribution in [0.2, 0.25) is 0 Å². The van der Waals surface area contributed by atoms with Gasteiger partial charge in [0.25, 0.3) is 17.7 Å². The lowest BCUT2D eigenvalue weighted by Gasteiger charge is -2.49. The molecule has 4 amide bonds. The molecule has 6 rings (SSSR count). The maximum Gasteiger partial charge on any atom is 0.352 e. The van der Waals surface area contributed by atoms with Gasteiger partial charge in [-0.2, -0.15) is 0 Å². The summed E-state index contributed by atoms with van der Waals surface area (Å²) in [6, 6.07) is 16.6. The van der Waals surface area contributed by atoms with Crippen molar-refractivity contribution < 1.29 is 34.2 Å². The van der Waals surface area contributed by atoms with Crippen LogP contribution in [0.4, 0.5) is 0 Å². The number of pyridine rings is 1. The van der Waals surface area contributed by atoms with Gasteiger partial charge in [0.2, 0.25) is 16.8 Å². The number of amides is 4. The number of carboxylic acid groups (broad SMARTS) is 1. The zero-order chi connectivity index (χ0) is 36.9. The van der Waals surface area contributed by atoms with Crippen molar-refractivity contribution >= 4 is 64.5 Å². The van der Waals surface area contributed by atoms with Gasteiger partial charge in [-0.15, -0.1) is 22.0 Å².